The monoisotopic (exact) mass is 706 g/mol. The van der Waals surface area contributed by atoms with Crippen molar-refractivity contribution in [1.29, 1.82) is 0 Å². The van der Waals surface area contributed by atoms with Gasteiger partial charge in [0.05, 0.1) is 38.5 Å². The molecule has 4 aliphatic rings. The number of hydrogen-bond acceptors (Lipinski definition) is 11. The van der Waals surface area contributed by atoms with Crippen molar-refractivity contribution in [1.82, 2.24) is 0 Å². The molecule has 4 atom stereocenters. The zero-order valence-electron chi connectivity index (χ0n) is 25.3. The molecule has 3 aliphatic carbocycles. The molecule has 1 heterocycles. The molecule has 14 nitrogen and oxygen atoms in total. The molecule has 1 N–H and O–H groups in total. The molecule has 4 unspecified atom stereocenters. The minimum atomic E-state index is -1.06. The largest absolute Gasteiger partial charge is 0.504 e. The van der Waals surface area contributed by atoms with E-state index in [9.17, 15) is 44.5 Å². The number of ether oxygens (including phenoxy) is 1. The molecule has 47 heavy (non-hydrogen) atoms. The number of anilines is 2. The second kappa shape index (κ2) is 11.6. The van der Waals surface area contributed by atoms with Gasteiger partial charge in [-0.15, -0.1) is 0 Å². The zero-order valence-corrected chi connectivity index (χ0v) is 26.8. The van der Waals surface area contributed by atoms with Crippen molar-refractivity contribution in [3.05, 3.63) is 89.5 Å². The number of benzene rings is 2. The molecule has 1 saturated heterocycles. The number of carbonyl (C=O) groups is 4. The smallest absolute Gasteiger partial charge is 0.301 e. The van der Waals surface area contributed by atoms with Gasteiger partial charge in [0.25, 0.3) is 0 Å². The van der Waals surface area contributed by atoms with Gasteiger partial charge in [0.15, 0.2) is 28.8 Å². The maximum atomic E-state index is 14.3. The van der Waals surface area contributed by atoms with Crippen molar-refractivity contribution in [2.75, 3.05) is 30.5 Å². The van der Waals surface area contributed by atoms with Crippen molar-refractivity contribution in [3.8, 4) is 11.5 Å². The molecule has 1 fully saturated rings. The maximum absolute atomic E-state index is 14.3. The van der Waals surface area contributed by atoms with Gasteiger partial charge in [-0.1, -0.05) is 23.8 Å². The second-order valence-electron chi connectivity index (χ2n) is 11.8. The van der Waals surface area contributed by atoms with Crippen molar-refractivity contribution >= 4 is 62.1 Å². The number of phenols is 1. The number of ketones is 2. The lowest BCUT2D eigenvalue weighted by Crippen LogP contribution is -2.39. The number of nitro groups is 2. The lowest BCUT2D eigenvalue weighted by Gasteiger charge is -2.42. The van der Waals surface area contributed by atoms with Crippen LogP contribution in [-0.4, -0.2) is 59.0 Å². The predicted octanol–water partition coefficient (Wildman–Crippen LogP) is 4.64. The lowest BCUT2D eigenvalue weighted by atomic mass is 9.59. The maximum Gasteiger partial charge on any atom is 0.301 e. The number of nitro benzene ring substituents is 2. The van der Waals surface area contributed by atoms with Crippen LogP contribution in [0.2, 0.25) is 0 Å². The van der Waals surface area contributed by atoms with E-state index in [1.165, 1.54) is 25.1 Å². The summed E-state index contributed by atoms with van der Waals surface area (Å²) in [5.74, 6) is -6.15. The fraction of sp³-hybridized carbons (Fsp3) is 0.312. The van der Waals surface area contributed by atoms with Gasteiger partial charge in [0.1, 0.15) is 0 Å². The van der Waals surface area contributed by atoms with E-state index in [0.29, 0.717) is 5.57 Å². The van der Waals surface area contributed by atoms with Gasteiger partial charge < -0.3 is 14.7 Å². The van der Waals surface area contributed by atoms with Crippen LogP contribution in [0.3, 0.4) is 0 Å². The first kappa shape index (κ1) is 31.8. The highest BCUT2D eigenvalue weighted by molar-refractivity contribution is 9.12. The molecule has 2 amide bonds. The van der Waals surface area contributed by atoms with Crippen molar-refractivity contribution < 1.29 is 38.9 Å². The number of amides is 2. The van der Waals surface area contributed by atoms with Crippen LogP contribution in [0.4, 0.5) is 22.7 Å². The van der Waals surface area contributed by atoms with Crippen LogP contribution in [0.1, 0.15) is 31.2 Å². The van der Waals surface area contributed by atoms with E-state index in [2.05, 4.69) is 15.9 Å². The molecule has 1 aliphatic heterocycles. The molecule has 2 aromatic rings. The highest BCUT2D eigenvalue weighted by Crippen LogP contribution is 2.57. The van der Waals surface area contributed by atoms with Gasteiger partial charge in [-0.2, -0.15) is 0 Å². The Bertz CT molecular complexity index is 1890. The number of allylic oxidation sites excluding steroid dienone is 6. The first-order valence-corrected chi connectivity index (χ1v) is 15.4. The Hall–Kier alpha value is -5.18. The Morgan fingerprint density at radius 3 is 2.30 bits per heavy atom. The second-order valence-corrected chi connectivity index (χ2v) is 12.6. The predicted molar refractivity (Wildman–Crippen MR) is 170 cm³/mol. The van der Waals surface area contributed by atoms with Crippen LogP contribution < -0.4 is 14.5 Å². The molecule has 0 saturated carbocycles. The van der Waals surface area contributed by atoms with E-state index in [0.717, 1.165) is 17.0 Å². The van der Waals surface area contributed by atoms with E-state index < -0.39 is 68.3 Å². The van der Waals surface area contributed by atoms with Gasteiger partial charge >= 0.3 is 11.4 Å². The van der Waals surface area contributed by atoms with Crippen LogP contribution in [0.5, 0.6) is 11.5 Å². The van der Waals surface area contributed by atoms with E-state index in [1.54, 1.807) is 31.2 Å². The summed E-state index contributed by atoms with van der Waals surface area (Å²) in [7, 11) is 2.80. The number of imide groups is 1. The SMILES string of the molecule is CCOc1cccc(C2C3=CCC4C(=O)N(c5cc([N+](=O)[O-])c(N(C)C)c([N+](=O)[O-])c5)C(=O)C4C3CC3=C2C(=O)C=C(Br)C3=O)c1O. The van der Waals surface area contributed by atoms with Gasteiger partial charge in [-0.3, -0.25) is 39.4 Å². The number of fused-ring (bicyclic) bond motifs is 3. The van der Waals surface area contributed by atoms with E-state index in [1.807, 2.05) is 0 Å². The molecule has 242 valence electrons. The minimum absolute atomic E-state index is 0.0307. The van der Waals surface area contributed by atoms with Crippen LogP contribution in [0.25, 0.3) is 0 Å². The van der Waals surface area contributed by atoms with Gasteiger partial charge in [0.2, 0.25) is 11.8 Å². The molecular weight excluding hydrogens is 680 g/mol. The summed E-state index contributed by atoms with van der Waals surface area (Å²) >= 11 is 3.17. The van der Waals surface area contributed by atoms with Gasteiger partial charge in [0, 0.05) is 54.9 Å². The number of nitrogens with zero attached hydrogens (tertiary/aromatic N) is 4. The Balaban J connectivity index is 1.50. The zero-order chi connectivity index (χ0) is 34.1. The van der Waals surface area contributed by atoms with Gasteiger partial charge in [-0.05, 0) is 47.7 Å². The van der Waals surface area contributed by atoms with E-state index in [-0.39, 0.29) is 63.5 Å². The van der Waals surface area contributed by atoms with Gasteiger partial charge in [-0.25, -0.2) is 4.90 Å². The number of Topliss-reactive ketones (excluding diaryl/α,β-unsaturated/α-hetero) is 1. The average molecular weight is 707 g/mol. The van der Waals surface area contributed by atoms with Crippen LogP contribution in [0, 0.1) is 38.0 Å². The highest BCUT2D eigenvalue weighted by Gasteiger charge is 2.57. The topological polar surface area (TPSA) is 190 Å². The summed E-state index contributed by atoms with van der Waals surface area (Å²) in [6.07, 6.45) is 2.90. The third-order valence-corrected chi connectivity index (χ3v) is 9.71. The number of halogens is 1. The first-order valence-electron chi connectivity index (χ1n) is 14.6. The standard InChI is InChI=1S/C32H27BrN4O10/c1-4-47-24-7-5-6-16(30(24)40)25-15-8-9-17-26(18(15)12-19-27(25)23(38)13-20(33)29(19)39)32(42)35(31(17)41)14-10-21(36(43)44)28(34(2)3)22(11-14)37(45)46/h5-8,10-11,13,17-18,25-26,40H,4,9,12H2,1-3H3. The summed E-state index contributed by atoms with van der Waals surface area (Å²) in [4.78, 5) is 79.5. The normalized spacial score (nSPS) is 23.5. The van der Waals surface area contributed by atoms with Crippen molar-refractivity contribution in [2.24, 2.45) is 17.8 Å². The van der Waals surface area contributed by atoms with Crippen molar-refractivity contribution in [3.63, 3.8) is 0 Å². The van der Waals surface area contributed by atoms with Crippen LogP contribution >= 0.6 is 15.9 Å². The molecule has 2 aromatic carbocycles. The Morgan fingerprint density at radius 2 is 1.70 bits per heavy atom. The molecule has 0 radical (unpaired) electrons. The molecule has 0 spiro atoms. The number of para-hydroxylation sites is 1. The number of phenolic OH excluding ortho intramolecular Hbond substituents is 1. The molecule has 6 rings (SSSR count). The third-order valence-electron chi connectivity index (χ3n) is 9.13. The summed E-state index contributed by atoms with van der Waals surface area (Å²) < 4.78 is 5.61. The number of rotatable bonds is 7. The third kappa shape index (κ3) is 4.83. The van der Waals surface area contributed by atoms with Crippen molar-refractivity contribution in [2.45, 2.75) is 25.7 Å². The highest BCUT2D eigenvalue weighted by atomic mass is 79.9. The Morgan fingerprint density at radius 1 is 1.04 bits per heavy atom. The summed E-state index contributed by atoms with van der Waals surface area (Å²) in [6, 6.07) is 6.74. The summed E-state index contributed by atoms with van der Waals surface area (Å²) in [5.41, 5.74) is -0.798. The Labute approximate surface area is 275 Å². The summed E-state index contributed by atoms with van der Waals surface area (Å²) in [6.45, 7) is 1.99. The van der Waals surface area contributed by atoms with E-state index in [4.69, 9.17) is 4.74 Å². The van der Waals surface area contributed by atoms with E-state index >= 15 is 0 Å². The molecular formula is C32H27BrN4O10. The number of hydrogen-bond donors (Lipinski definition) is 1. The van der Waals surface area contributed by atoms with Crippen LogP contribution in [-0.2, 0) is 19.2 Å². The fourth-order valence-corrected chi connectivity index (χ4v) is 7.76. The summed E-state index contributed by atoms with van der Waals surface area (Å²) in [5, 5.41) is 35.3. The fourth-order valence-electron chi connectivity index (χ4n) is 7.32. The lowest BCUT2D eigenvalue weighted by molar-refractivity contribution is -0.392. The Kier molecular flexibility index (Phi) is 7.82. The minimum Gasteiger partial charge on any atom is -0.504 e. The number of aromatic hydroxyl groups is 1. The number of carbonyl (C=O) groups excluding carboxylic acids is 4. The molecule has 15 heteroatoms. The molecule has 0 bridgehead atoms. The van der Waals surface area contributed by atoms with Crippen LogP contribution in [0.15, 0.2) is 63.7 Å². The average Bonchev–Trinajstić information content (AvgIpc) is 3.28. The molecule has 0 aromatic heterocycles. The quantitative estimate of drug-likeness (QED) is 0.139. The first-order chi connectivity index (χ1) is 22.3.